The summed E-state index contributed by atoms with van der Waals surface area (Å²) in [6.07, 6.45) is 0. The van der Waals surface area contributed by atoms with E-state index in [1.807, 2.05) is 39.0 Å². The molecule has 2 heterocycles. The number of ether oxygens (including phenoxy) is 2. The van der Waals surface area contributed by atoms with Gasteiger partial charge in [0, 0.05) is 11.3 Å². The molecule has 0 radical (unpaired) electrons. The van der Waals surface area contributed by atoms with Crippen LogP contribution in [0.2, 0.25) is 0 Å². The van der Waals surface area contributed by atoms with Crippen molar-refractivity contribution in [3.05, 3.63) is 35.0 Å². The van der Waals surface area contributed by atoms with Crippen LogP contribution in [0.5, 0.6) is 11.5 Å². The van der Waals surface area contributed by atoms with Gasteiger partial charge in [0.05, 0.1) is 24.2 Å². The first-order valence-electron chi connectivity index (χ1n) is 7.87. The maximum Gasteiger partial charge on any atom is 0.238 e. The number of nitrogens with one attached hydrogen (secondary N) is 2. The maximum atomic E-state index is 12.2. The molecule has 0 unspecified atom stereocenters. The summed E-state index contributed by atoms with van der Waals surface area (Å²) in [5.41, 5.74) is 3.00. The number of nitrogens with zero attached hydrogens (tertiary/aromatic N) is 1. The Labute approximate surface area is 145 Å². The van der Waals surface area contributed by atoms with Crippen LogP contribution in [-0.4, -0.2) is 35.1 Å². The van der Waals surface area contributed by atoms with Gasteiger partial charge in [0.15, 0.2) is 17.3 Å². The second-order valence-corrected chi connectivity index (χ2v) is 7.05. The van der Waals surface area contributed by atoms with Crippen LogP contribution in [0.15, 0.2) is 18.2 Å². The van der Waals surface area contributed by atoms with E-state index in [1.165, 1.54) is 0 Å². The zero-order valence-corrected chi connectivity index (χ0v) is 15.0. The van der Waals surface area contributed by atoms with Gasteiger partial charge in [0.25, 0.3) is 0 Å². The molecule has 1 aromatic heterocycles. The minimum atomic E-state index is -0.179. The Morgan fingerprint density at radius 1 is 1.33 bits per heavy atom. The van der Waals surface area contributed by atoms with Crippen molar-refractivity contribution in [1.82, 2.24) is 10.2 Å². The molecule has 1 amide bonds. The van der Waals surface area contributed by atoms with Crippen molar-refractivity contribution in [3.8, 4) is 11.5 Å². The van der Waals surface area contributed by atoms with E-state index in [9.17, 15) is 4.79 Å². The molecule has 0 saturated heterocycles. The highest BCUT2D eigenvalue weighted by molar-refractivity contribution is 8.01. The van der Waals surface area contributed by atoms with Crippen molar-refractivity contribution >= 4 is 23.5 Å². The molecule has 6 nitrogen and oxygen atoms in total. The third-order valence-electron chi connectivity index (χ3n) is 4.00. The number of anilines is 1. The van der Waals surface area contributed by atoms with Gasteiger partial charge >= 0.3 is 0 Å². The van der Waals surface area contributed by atoms with Crippen LogP contribution in [0.1, 0.15) is 35.9 Å². The van der Waals surface area contributed by atoms with Crippen molar-refractivity contribution in [2.45, 2.75) is 31.3 Å². The van der Waals surface area contributed by atoms with E-state index >= 15 is 0 Å². The van der Waals surface area contributed by atoms with Gasteiger partial charge in [-0.25, -0.2) is 0 Å². The number of aryl methyl sites for hydroxylation is 1. The number of benzene rings is 1. The molecule has 2 atom stereocenters. The third-order valence-corrected chi connectivity index (χ3v) is 5.40. The molecule has 7 heteroatoms. The first-order chi connectivity index (χ1) is 11.5. The van der Waals surface area contributed by atoms with E-state index < -0.39 is 0 Å². The van der Waals surface area contributed by atoms with Crippen LogP contribution in [0.25, 0.3) is 0 Å². The summed E-state index contributed by atoms with van der Waals surface area (Å²) in [5.74, 6) is 1.97. The van der Waals surface area contributed by atoms with E-state index in [0.717, 1.165) is 16.8 Å². The van der Waals surface area contributed by atoms with Crippen molar-refractivity contribution in [1.29, 1.82) is 0 Å². The van der Waals surface area contributed by atoms with Crippen molar-refractivity contribution in [2.75, 3.05) is 19.0 Å². The number of fused-ring (bicyclic) bond motifs is 1. The van der Waals surface area contributed by atoms with Crippen LogP contribution in [0.3, 0.4) is 0 Å². The molecule has 1 aliphatic rings. The Morgan fingerprint density at radius 2 is 2.12 bits per heavy atom. The molecule has 128 valence electrons. The highest BCUT2D eigenvalue weighted by Gasteiger charge is 2.32. The fourth-order valence-electron chi connectivity index (χ4n) is 2.77. The van der Waals surface area contributed by atoms with Gasteiger partial charge in [0.1, 0.15) is 0 Å². The van der Waals surface area contributed by atoms with Gasteiger partial charge in [-0.15, -0.1) is 11.8 Å². The van der Waals surface area contributed by atoms with Crippen LogP contribution < -0.4 is 14.8 Å². The van der Waals surface area contributed by atoms with E-state index in [-0.39, 0.29) is 16.4 Å². The Bertz CT molecular complexity index is 760. The van der Waals surface area contributed by atoms with Crippen molar-refractivity contribution in [2.24, 2.45) is 0 Å². The van der Waals surface area contributed by atoms with E-state index in [2.05, 4.69) is 15.5 Å². The summed E-state index contributed by atoms with van der Waals surface area (Å²) in [4.78, 5) is 12.2. The normalized spacial score (nSPS) is 20.1. The fourth-order valence-corrected chi connectivity index (χ4v) is 4.09. The highest BCUT2D eigenvalue weighted by Crippen LogP contribution is 2.46. The smallest absolute Gasteiger partial charge is 0.238 e. The lowest BCUT2D eigenvalue weighted by Gasteiger charge is -2.19. The number of carbonyl (C=O) groups excluding carboxylic acids is 1. The summed E-state index contributed by atoms with van der Waals surface area (Å²) in [5, 5.41) is 9.91. The number of aromatic nitrogens is 2. The van der Waals surface area contributed by atoms with Crippen molar-refractivity contribution in [3.63, 3.8) is 0 Å². The first-order valence-corrected chi connectivity index (χ1v) is 8.81. The molecule has 0 bridgehead atoms. The number of hydrogen-bond donors (Lipinski definition) is 2. The van der Waals surface area contributed by atoms with Gasteiger partial charge in [-0.3, -0.25) is 9.89 Å². The Morgan fingerprint density at radius 3 is 2.83 bits per heavy atom. The quantitative estimate of drug-likeness (QED) is 0.887. The molecule has 0 aliphatic carbocycles. The molecule has 1 aliphatic heterocycles. The summed E-state index contributed by atoms with van der Waals surface area (Å²) in [6.45, 7) is 6.39. The average molecular weight is 347 g/mol. The largest absolute Gasteiger partial charge is 0.493 e. The standard InChI is InChI=1S/C17H21N3O3S/c1-5-23-12-7-6-11(8-13(12)22-4)15-14-9(2)19-20-16(14)18-17(21)10(3)24-15/h6-8,10,15H,5H2,1-4H3,(H2,18,19,20,21)/t10-,15-/m1/s1. The number of thioether (sulfide) groups is 1. The lowest BCUT2D eigenvalue weighted by atomic mass is 10.0. The SMILES string of the molecule is CCOc1ccc([C@H]2S[C@H](C)C(=O)Nc3n[nH]c(C)c32)cc1OC. The molecule has 1 aromatic carbocycles. The van der Waals surface area contributed by atoms with Crippen LogP contribution in [-0.2, 0) is 4.79 Å². The minimum Gasteiger partial charge on any atom is -0.493 e. The van der Waals surface area contributed by atoms with E-state index in [0.29, 0.717) is 23.9 Å². The molecular weight excluding hydrogens is 326 g/mol. The molecule has 0 saturated carbocycles. The van der Waals surface area contributed by atoms with Crippen molar-refractivity contribution < 1.29 is 14.3 Å². The average Bonchev–Trinajstić information content (AvgIpc) is 2.87. The van der Waals surface area contributed by atoms with Gasteiger partial charge in [-0.2, -0.15) is 5.10 Å². The van der Waals surface area contributed by atoms with Crippen LogP contribution in [0, 0.1) is 6.92 Å². The zero-order valence-electron chi connectivity index (χ0n) is 14.2. The zero-order chi connectivity index (χ0) is 17.3. The second-order valence-electron chi connectivity index (χ2n) is 5.60. The summed E-state index contributed by atoms with van der Waals surface area (Å²) in [6, 6.07) is 5.91. The Balaban J connectivity index is 2.07. The Kier molecular flexibility index (Phi) is 4.71. The van der Waals surface area contributed by atoms with Gasteiger partial charge < -0.3 is 14.8 Å². The monoisotopic (exact) mass is 347 g/mol. The molecule has 0 spiro atoms. The molecule has 24 heavy (non-hydrogen) atoms. The predicted molar refractivity (Wildman–Crippen MR) is 95.0 cm³/mol. The van der Waals surface area contributed by atoms with Crippen LogP contribution in [0.4, 0.5) is 5.82 Å². The van der Waals surface area contributed by atoms with Crippen LogP contribution >= 0.6 is 11.8 Å². The first kappa shape index (κ1) is 16.7. The molecule has 3 rings (SSSR count). The number of rotatable bonds is 4. The van der Waals surface area contributed by atoms with E-state index in [1.54, 1.807) is 18.9 Å². The van der Waals surface area contributed by atoms with Gasteiger partial charge in [-0.05, 0) is 38.5 Å². The predicted octanol–water partition coefficient (Wildman–Crippen LogP) is 3.29. The summed E-state index contributed by atoms with van der Waals surface area (Å²) in [7, 11) is 1.63. The maximum absolute atomic E-state index is 12.2. The molecule has 2 N–H and O–H groups in total. The molecule has 0 fully saturated rings. The Hall–Kier alpha value is -2.15. The number of amides is 1. The van der Waals surface area contributed by atoms with E-state index in [4.69, 9.17) is 9.47 Å². The van der Waals surface area contributed by atoms with Gasteiger partial charge in [0.2, 0.25) is 5.91 Å². The highest BCUT2D eigenvalue weighted by atomic mass is 32.2. The summed E-state index contributed by atoms with van der Waals surface area (Å²) < 4.78 is 11.1. The number of hydrogen-bond acceptors (Lipinski definition) is 5. The number of carbonyl (C=O) groups is 1. The lowest BCUT2D eigenvalue weighted by Crippen LogP contribution is -2.21. The molecular formula is C17H21N3O3S. The third kappa shape index (κ3) is 2.96. The lowest BCUT2D eigenvalue weighted by molar-refractivity contribution is -0.115. The summed E-state index contributed by atoms with van der Waals surface area (Å²) >= 11 is 1.60. The number of methoxy groups -OCH3 is 1. The minimum absolute atomic E-state index is 0.0164. The number of aromatic amines is 1. The number of H-pyrrole nitrogens is 1. The van der Waals surface area contributed by atoms with Gasteiger partial charge in [-0.1, -0.05) is 6.07 Å². The molecule has 2 aromatic rings. The second kappa shape index (κ2) is 6.76. The topological polar surface area (TPSA) is 76.2 Å². The fraction of sp³-hybridized carbons (Fsp3) is 0.412.